The molecular weight excluding hydrogens is 326 g/mol. The van der Waals surface area contributed by atoms with Crippen LogP contribution in [0.2, 0.25) is 5.02 Å². The van der Waals surface area contributed by atoms with Crippen LogP contribution in [0, 0.1) is 6.92 Å². The predicted octanol–water partition coefficient (Wildman–Crippen LogP) is 4.00. The topological polar surface area (TPSA) is 47.6 Å². The number of rotatable bonds is 8. The number of nitrogens with one attached hydrogen (secondary N) is 1. The minimum Gasteiger partial charge on any atom is -0.492 e. The highest BCUT2D eigenvalue weighted by Crippen LogP contribution is 2.16. The molecule has 0 bridgehead atoms. The van der Waals surface area contributed by atoms with Gasteiger partial charge in [0.15, 0.2) is 6.10 Å². The van der Waals surface area contributed by atoms with Crippen LogP contribution in [0.1, 0.15) is 18.9 Å². The molecule has 0 radical (unpaired) electrons. The first-order chi connectivity index (χ1) is 11.6. The van der Waals surface area contributed by atoms with E-state index >= 15 is 0 Å². The molecule has 1 amide bonds. The molecule has 0 spiro atoms. The zero-order valence-corrected chi connectivity index (χ0v) is 14.7. The van der Waals surface area contributed by atoms with Crippen molar-refractivity contribution in [2.75, 3.05) is 13.2 Å². The molecule has 0 fully saturated rings. The highest BCUT2D eigenvalue weighted by atomic mass is 35.5. The molecule has 1 N–H and O–H groups in total. The van der Waals surface area contributed by atoms with Gasteiger partial charge in [-0.2, -0.15) is 0 Å². The number of carbonyl (C=O) groups excluding carboxylic acids is 1. The summed E-state index contributed by atoms with van der Waals surface area (Å²) in [7, 11) is 0. The van der Waals surface area contributed by atoms with Crippen molar-refractivity contribution in [1.29, 1.82) is 0 Å². The molecule has 128 valence electrons. The van der Waals surface area contributed by atoms with Gasteiger partial charge in [-0.3, -0.25) is 4.79 Å². The van der Waals surface area contributed by atoms with Gasteiger partial charge in [0.05, 0.1) is 6.54 Å². The van der Waals surface area contributed by atoms with Crippen molar-refractivity contribution in [2.24, 2.45) is 0 Å². The summed E-state index contributed by atoms with van der Waals surface area (Å²) in [5.74, 6) is 1.28. The summed E-state index contributed by atoms with van der Waals surface area (Å²) in [6.07, 6.45) is 0.0833. The van der Waals surface area contributed by atoms with Crippen LogP contribution in [0.5, 0.6) is 11.5 Å². The highest BCUT2D eigenvalue weighted by Gasteiger charge is 2.17. The van der Waals surface area contributed by atoms with Crippen LogP contribution in [0.3, 0.4) is 0 Å². The number of amides is 1. The standard InChI is InChI=1S/C19H22ClNO3/c1-3-18(24-17-6-4-5-14(2)13-17)19(22)21-11-12-23-16-9-7-15(20)8-10-16/h4-10,13,18H,3,11-12H2,1-2H3,(H,21,22). The molecule has 0 heterocycles. The lowest BCUT2D eigenvalue weighted by atomic mass is 10.2. The van der Waals surface area contributed by atoms with Crippen molar-refractivity contribution in [2.45, 2.75) is 26.4 Å². The quantitative estimate of drug-likeness (QED) is 0.734. The minimum atomic E-state index is -0.512. The summed E-state index contributed by atoms with van der Waals surface area (Å²) >= 11 is 5.82. The van der Waals surface area contributed by atoms with E-state index in [1.165, 1.54) is 0 Å². The number of benzene rings is 2. The highest BCUT2D eigenvalue weighted by molar-refractivity contribution is 6.30. The number of halogens is 1. The van der Waals surface area contributed by atoms with Gasteiger partial charge >= 0.3 is 0 Å². The second-order valence-corrected chi connectivity index (χ2v) is 5.86. The van der Waals surface area contributed by atoms with Crippen LogP contribution in [0.4, 0.5) is 0 Å². The molecule has 0 aliphatic carbocycles. The number of carbonyl (C=O) groups is 1. The van der Waals surface area contributed by atoms with Gasteiger partial charge in [0.1, 0.15) is 18.1 Å². The monoisotopic (exact) mass is 347 g/mol. The van der Waals surface area contributed by atoms with Crippen molar-refractivity contribution in [3.8, 4) is 11.5 Å². The van der Waals surface area contributed by atoms with Crippen LogP contribution in [-0.2, 0) is 4.79 Å². The molecule has 0 aromatic heterocycles. The Morgan fingerprint density at radius 1 is 1.17 bits per heavy atom. The summed E-state index contributed by atoms with van der Waals surface area (Å²) < 4.78 is 11.3. The summed E-state index contributed by atoms with van der Waals surface area (Å²) in [5.41, 5.74) is 1.10. The van der Waals surface area contributed by atoms with Gasteiger partial charge < -0.3 is 14.8 Å². The largest absolute Gasteiger partial charge is 0.492 e. The van der Waals surface area contributed by atoms with Gasteiger partial charge in [0, 0.05) is 5.02 Å². The number of hydrogen-bond donors (Lipinski definition) is 1. The Balaban J connectivity index is 1.76. The minimum absolute atomic E-state index is 0.140. The third kappa shape index (κ3) is 5.78. The third-order valence-electron chi connectivity index (χ3n) is 3.41. The maximum Gasteiger partial charge on any atom is 0.261 e. The Labute approximate surface area is 147 Å². The Morgan fingerprint density at radius 2 is 1.92 bits per heavy atom. The number of hydrogen-bond acceptors (Lipinski definition) is 3. The van der Waals surface area contributed by atoms with E-state index in [1.54, 1.807) is 24.3 Å². The van der Waals surface area contributed by atoms with Crippen LogP contribution in [0.25, 0.3) is 0 Å². The second kappa shape index (κ2) is 9.18. The number of ether oxygens (including phenoxy) is 2. The van der Waals surface area contributed by atoms with Gasteiger partial charge in [-0.05, 0) is 55.3 Å². The van der Waals surface area contributed by atoms with E-state index in [2.05, 4.69) is 5.32 Å². The average molecular weight is 348 g/mol. The Hall–Kier alpha value is -2.20. The lowest BCUT2D eigenvalue weighted by Crippen LogP contribution is -2.39. The van der Waals surface area contributed by atoms with E-state index in [1.807, 2.05) is 38.1 Å². The second-order valence-electron chi connectivity index (χ2n) is 5.42. The van der Waals surface area contributed by atoms with Crippen LogP contribution in [-0.4, -0.2) is 25.2 Å². The lowest BCUT2D eigenvalue weighted by molar-refractivity contribution is -0.128. The fourth-order valence-electron chi connectivity index (χ4n) is 2.16. The molecular formula is C19H22ClNO3. The molecule has 1 unspecified atom stereocenters. The van der Waals surface area contributed by atoms with E-state index in [0.717, 1.165) is 11.3 Å². The van der Waals surface area contributed by atoms with E-state index in [9.17, 15) is 4.79 Å². The van der Waals surface area contributed by atoms with E-state index < -0.39 is 6.10 Å². The van der Waals surface area contributed by atoms with Crippen molar-refractivity contribution in [3.05, 3.63) is 59.1 Å². The molecule has 4 nitrogen and oxygen atoms in total. The maximum absolute atomic E-state index is 12.2. The molecule has 2 aromatic rings. The zero-order valence-electron chi connectivity index (χ0n) is 13.9. The van der Waals surface area contributed by atoms with Crippen molar-refractivity contribution in [1.82, 2.24) is 5.32 Å². The first-order valence-corrected chi connectivity index (χ1v) is 8.35. The molecule has 0 saturated carbocycles. The Bertz CT molecular complexity index is 658. The molecule has 0 aliphatic heterocycles. The smallest absolute Gasteiger partial charge is 0.261 e. The first kappa shape index (κ1) is 18.1. The van der Waals surface area contributed by atoms with E-state index in [0.29, 0.717) is 30.3 Å². The summed E-state index contributed by atoms with van der Waals surface area (Å²) in [6.45, 7) is 4.70. The zero-order chi connectivity index (χ0) is 17.4. The summed E-state index contributed by atoms with van der Waals surface area (Å²) in [6, 6.07) is 14.8. The van der Waals surface area contributed by atoms with Gasteiger partial charge in [0.25, 0.3) is 5.91 Å². The van der Waals surface area contributed by atoms with Crippen LogP contribution >= 0.6 is 11.6 Å². The molecule has 1 atom stereocenters. The molecule has 0 saturated heterocycles. The lowest BCUT2D eigenvalue weighted by Gasteiger charge is -2.17. The Morgan fingerprint density at radius 3 is 2.58 bits per heavy atom. The molecule has 2 aromatic carbocycles. The van der Waals surface area contributed by atoms with Crippen LogP contribution in [0.15, 0.2) is 48.5 Å². The van der Waals surface area contributed by atoms with Gasteiger partial charge in [-0.1, -0.05) is 30.7 Å². The predicted molar refractivity (Wildman–Crippen MR) is 95.8 cm³/mol. The molecule has 5 heteroatoms. The first-order valence-electron chi connectivity index (χ1n) is 7.98. The summed E-state index contributed by atoms with van der Waals surface area (Å²) in [5, 5.41) is 3.50. The van der Waals surface area contributed by atoms with Crippen LogP contribution < -0.4 is 14.8 Å². The Kier molecular flexibility index (Phi) is 6.94. The van der Waals surface area contributed by atoms with Gasteiger partial charge in [0.2, 0.25) is 0 Å². The fraction of sp³-hybridized carbons (Fsp3) is 0.316. The van der Waals surface area contributed by atoms with E-state index in [4.69, 9.17) is 21.1 Å². The molecule has 0 aliphatic rings. The van der Waals surface area contributed by atoms with Crippen molar-refractivity contribution in [3.63, 3.8) is 0 Å². The van der Waals surface area contributed by atoms with Gasteiger partial charge in [-0.25, -0.2) is 0 Å². The normalized spacial score (nSPS) is 11.6. The van der Waals surface area contributed by atoms with Crippen molar-refractivity contribution >= 4 is 17.5 Å². The summed E-state index contributed by atoms with van der Waals surface area (Å²) in [4.78, 5) is 12.2. The van der Waals surface area contributed by atoms with Gasteiger partial charge in [-0.15, -0.1) is 0 Å². The fourth-order valence-corrected chi connectivity index (χ4v) is 2.29. The van der Waals surface area contributed by atoms with Crippen molar-refractivity contribution < 1.29 is 14.3 Å². The SMILES string of the molecule is CCC(Oc1cccc(C)c1)C(=O)NCCOc1ccc(Cl)cc1. The number of aryl methyl sites for hydroxylation is 1. The molecule has 24 heavy (non-hydrogen) atoms. The average Bonchev–Trinajstić information content (AvgIpc) is 2.58. The third-order valence-corrected chi connectivity index (χ3v) is 3.67. The van der Waals surface area contributed by atoms with E-state index in [-0.39, 0.29) is 5.91 Å². The molecule has 2 rings (SSSR count). The maximum atomic E-state index is 12.2.